The number of aromatic nitrogens is 2. The monoisotopic (exact) mass is 400 g/mol. The minimum atomic E-state index is 0.0591. The van der Waals surface area contributed by atoms with Crippen molar-refractivity contribution in [2.24, 2.45) is 0 Å². The van der Waals surface area contributed by atoms with E-state index in [0.29, 0.717) is 27.8 Å². The molecule has 6 heteroatoms. The Bertz CT molecular complexity index is 1170. The first-order valence-corrected chi connectivity index (χ1v) is 9.31. The van der Waals surface area contributed by atoms with Crippen molar-refractivity contribution in [2.45, 2.75) is 0 Å². The highest BCUT2D eigenvalue weighted by Crippen LogP contribution is 2.27. The van der Waals surface area contributed by atoms with Gasteiger partial charge in [-0.3, -0.25) is 0 Å². The molecule has 0 saturated carbocycles. The van der Waals surface area contributed by atoms with E-state index < -0.39 is 0 Å². The average Bonchev–Trinajstić information content (AvgIpc) is 2.74. The number of allylic oxidation sites excluding steroid dienone is 5. The van der Waals surface area contributed by atoms with E-state index in [9.17, 15) is 5.11 Å². The molecule has 1 aromatic heterocycles. The fourth-order valence-corrected chi connectivity index (χ4v) is 3.12. The van der Waals surface area contributed by atoms with Gasteiger partial charge in [-0.25, -0.2) is 9.97 Å². The first-order valence-electron chi connectivity index (χ1n) is 8.93. The van der Waals surface area contributed by atoms with E-state index in [0.717, 1.165) is 11.3 Å². The number of rotatable bonds is 4. The Hall–Kier alpha value is -3.70. The third-order valence-electron chi connectivity index (χ3n) is 4.35. The van der Waals surface area contributed by atoms with Gasteiger partial charge in [-0.15, -0.1) is 0 Å². The van der Waals surface area contributed by atoms with Gasteiger partial charge in [0.15, 0.2) is 0 Å². The second kappa shape index (κ2) is 8.12. The summed E-state index contributed by atoms with van der Waals surface area (Å²) in [6.45, 7) is 0. The highest BCUT2D eigenvalue weighted by molar-refractivity contribution is 6.30. The van der Waals surface area contributed by atoms with Gasteiger partial charge in [0.05, 0.1) is 11.4 Å². The number of halogens is 1. The Morgan fingerprint density at radius 1 is 1.00 bits per heavy atom. The summed E-state index contributed by atoms with van der Waals surface area (Å²) in [7, 11) is 0. The Labute approximate surface area is 173 Å². The molecule has 0 saturated heterocycles. The Kier molecular flexibility index (Phi) is 5.22. The molecule has 1 heterocycles. The number of nitrogens with zero attached hydrogens (tertiary/aromatic N) is 2. The lowest BCUT2D eigenvalue weighted by Gasteiger charge is -2.14. The molecule has 0 unspecified atom stereocenters. The van der Waals surface area contributed by atoms with Gasteiger partial charge in [-0.1, -0.05) is 54.1 Å². The molecule has 1 aliphatic carbocycles. The van der Waals surface area contributed by atoms with Gasteiger partial charge in [0, 0.05) is 33.6 Å². The predicted molar refractivity (Wildman–Crippen MR) is 118 cm³/mol. The molecule has 3 N–H and O–H groups in total. The van der Waals surface area contributed by atoms with Crippen LogP contribution in [-0.2, 0) is 0 Å². The summed E-state index contributed by atoms with van der Waals surface area (Å²) < 4.78 is 0. The zero-order valence-corrected chi connectivity index (χ0v) is 16.1. The maximum atomic E-state index is 10.7. The summed E-state index contributed by atoms with van der Waals surface area (Å²) >= 11 is 6.03. The normalized spacial score (nSPS) is 15.1. The summed E-state index contributed by atoms with van der Waals surface area (Å²) in [4.78, 5) is 8.81. The maximum Gasteiger partial charge on any atom is 0.227 e. The SMILES string of the molecule is N=C1C=CC(c2ccnc(Nc3cccc(Cl)c3)n2)=C/C1=C(/O)c1ccccc1. The van der Waals surface area contributed by atoms with Crippen molar-refractivity contribution in [2.75, 3.05) is 5.32 Å². The highest BCUT2D eigenvalue weighted by Gasteiger charge is 2.15. The van der Waals surface area contributed by atoms with Crippen molar-refractivity contribution in [1.29, 1.82) is 5.41 Å². The van der Waals surface area contributed by atoms with Crippen LogP contribution in [0, 0.1) is 5.41 Å². The van der Waals surface area contributed by atoms with Crippen LogP contribution in [0.1, 0.15) is 11.3 Å². The van der Waals surface area contributed by atoms with E-state index in [1.807, 2.05) is 30.3 Å². The summed E-state index contributed by atoms with van der Waals surface area (Å²) in [5.41, 5.74) is 3.57. The van der Waals surface area contributed by atoms with Crippen LogP contribution in [-0.4, -0.2) is 20.8 Å². The quantitative estimate of drug-likeness (QED) is 0.482. The molecule has 0 radical (unpaired) electrons. The zero-order valence-electron chi connectivity index (χ0n) is 15.3. The average molecular weight is 401 g/mol. The van der Waals surface area contributed by atoms with E-state index in [1.165, 1.54) is 0 Å². The number of hydrogen-bond acceptors (Lipinski definition) is 5. The van der Waals surface area contributed by atoms with Crippen LogP contribution in [0.2, 0.25) is 5.02 Å². The van der Waals surface area contributed by atoms with Gasteiger partial charge in [-0.2, -0.15) is 0 Å². The van der Waals surface area contributed by atoms with E-state index in [-0.39, 0.29) is 11.5 Å². The van der Waals surface area contributed by atoms with Crippen molar-refractivity contribution in [3.63, 3.8) is 0 Å². The standard InChI is InChI=1S/C23H17ClN4O/c24-17-7-4-8-18(14-17)27-23-26-12-11-21(28-23)16-9-10-20(25)19(13-16)22(29)15-5-2-1-3-6-15/h1-14,25,29H,(H,26,27,28)/b22-19-,25-20?. The van der Waals surface area contributed by atoms with Gasteiger partial charge in [0.1, 0.15) is 5.76 Å². The lowest BCUT2D eigenvalue weighted by Crippen LogP contribution is -2.06. The summed E-state index contributed by atoms with van der Waals surface area (Å²) in [6, 6.07) is 18.3. The second-order valence-corrected chi connectivity index (χ2v) is 6.81. The first kappa shape index (κ1) is 18.7. The number of nitrogens with one attached hydrogen (secondary N) is 2. The lowest BCUT2D eigenvalue weighted by atomic mass is 9.95. The largest absolute Gasteiger partial charge is 0.507 e. The number of anilines is 2. The van der Waals surface area contributed by atoms with E-state index in [1.54, 1.807) is 54.8 Å². The van der Waals surface area contributed by atoms with E-state index in [4.69, 9.17) is 17.0 Å². The van der Waals surface area contributed by atoms with Crippen LogP contribution in [0.25, 0.3) is 11.3 Å². The molecular weight excluding hydrogens is 384 g/mol. The van der Waals surface area contributed by atoms with Gasteiger partial charge >= 0.3 is 0 Å². The fraction of sp³-hybridized carbons (Fsp3) is 0. The molecule has 0 spiro atoms. The smallest absolute Gasteiger partial charge is 0.227 e. The second-order valence-electron chi connectivity index (χ2n) is 6.38. The molecule has 29 heavy (non-hydrogen) atoms. The molecule has 0 amide bonds. The highest BCUT2D eigenvalue weighted by atomic mass is 35.5. The van der Waals surface area contributed by atoms with Gasteiger partial charge < -0.3 is 15.8 Å². The molecule has 0 fully saturated rings. The van der Waals surface area contributed by atoms with Crippen LogP contribution >= 0.6 is 11.6 Å². The summed E-state index contributed by atoms with van der Waals surface area (Å²) in [5, 5.41) is 22.6. The van der Waals surface area contributed by atoms with Crippen molar-refractivity contribution < 1.29 is 5.11 Å². The maximum absolute atomic E-state index is 10.7. The van der Waals surface area contributed by atoms with Crippen LogP contribution in [0.3, 0.4) is 0 Å². The van der Waals surface area contributed by atoms with Crippen molar-refractivity contribution in [3.05, 3.63) is 107 Å². The Balaban J connectivity index is 1.67. The molecule has 1 aliphatic rings. The first-order chi connectivity index (χ1) is 14.1. The number of aliphatic hydroxyl groups excluding tert-OH is 1. The van der Waals surface area contributed by atoms with E-state index in [2.05, 4.69) is 15.3 Å². The molecule has 3 aromatic rings. The summed E-state index contributed by atoms with van der Waals surface area (Å²) in [6.07, 6.45) is 6.87. The summed E-state index contributed by atoms with van der Waals surface area (Å²) in [5.74, 6) is 0.487. The molecule has 2 aromatic carbocycles. The molecule has 142 valence electrons. The van der Waals surface area contributed by atoms with Gasteiger partial charge in [0.25, 0.3) is 0 Å². The third-order valence-corrected chi connectivity index (χ3v) is 4.59. The topological polar surface area (TPSA) is 81.9 Å². The molecule has 0 atom stereocenters. The third kappa shape index (κ3) is 4.25. The van der Waals surface area contributed by atoms with Crippen molar-refractivity contribution >= 4 is 40.3 Å². The van der Waals surface area contributed by atoms with Crippen LogP contribution in [0.15, 0.2) is 90.7 Å². The molecule has 4 rings (SSSR count). The van der Waals surface area contributed by atoms with Crippen LogP contribution in [0.5, 0.6) is 0 Å². The van der Waals surface area contributed by atoms with Crippen LogP contribution < -0.4 is 5.32 Å². The van der Waals surface area contributed by atoms with Crippen molar-refractivity contribution in [3.8, 4) is 0 Å². The number of aliphatic hydroxyl groups is 1. The number of hydrogen-bond donors (Lipinski definition) is 3. The zero-order chi connectivity index (χ0) is 20.2. The Morgan fingerprint density at radius 2 is 1.83 bits per heavy atom. The van der Waals surface area contributed by atoms with Gasteiger partial charge in [0.2, 0.25) is 5.95 Å². The number of benzene rings is 2. The minimum Gasteiger partial charge on any atom is -0.507 e. The molecule has 0 aliphatic heterocycles. The van der Waals surface area contributed by atoms with Gasteiger partial charge in [-0.05, 0) is 36.4 Å². The van der Waals surface area contributed by atoms with Crippen LogP contribution in [0.4, 0.5) is 11.6 Å². The molecule has 5 nitrogen and oxygen atoms in total. The molecular formula is C23H17ClN4O. The lowest BCUT2D eigenvalue weighted by molar-refractivity contribution is 0.510. The Morgan fingerprint density at radius 3 is 2.62 bits per heavy atom. The van der Waals surface area contributed by atoms with Crippen molar-refractivity contribution in [1.82, 2.24) is 9.97 Å². The van der Waals surface area contributed by atoms with E-state index >= 15 is 0 Å². The fourth-order valence-electron chi connectivity index (χ4n) is 2.93. The minimum absolute atomic E-state index is 0.0591. The predicted octanol–water partition coefficient (Wildman–Crippen LogP) is 5.82. The molecule has 0 bridgehead atoms.